The van der Waals surface area contributed by atoms with E-state index in [1.807, 2.05) is 0 Å². The fourth-order valence-electron chi connectivity index (χ4n) is 0.908. The second kappa shape index (κ2) is 5.31. The van der Waals surface area contributed by atoms with Crippen molar-refractivity contribution in [1.29, 1.82) is 0 Å². The van der Waals surface area contributed by atoms with Crippen LogP contribution in [0.5, 0.6) is 0 Å². The molecule has 0 saturated carbocycles. The summed E-state index contributed by atoms with van der Waals surface area (Å²) in [5.41, 5.74) is 1.08. The Kier molecular flexibility index (Phi) is 4.03. The SMILES string of the molecule is O=C(O)c1ccc(C#CCCCl)cc1. The van der Waals surface area contributed by atoms with E-state index < -0.39 is 5.97 Å². The number of hydrogen-bond acceptors (Lipinski definition) is 1. The van der Waals surface area contributed by atoms with Crippen molar-refractivity contribution < 1.29 is 9.90 Å². The fraction of sp³-hybridized carbons (Fsp3) is 0.182. The Morgan fingerprint density at radius 2 is 2.00 bits per heavy atom. The molecule has 3 heteroatoms. The molecule has 1 aromatic rings. The van der Waals surface area contributed by atoms with E-state index in [2.05, 4.69) is 11.8 Å². The Morgan fingerprint density at radius 1 is 1.36 bits per heavy atom. The highest BCUT2D eigenvalue weighted by atomic mass is 35.5. The zero-order valence-electron chi connectivity index (χ0n) is 7.46. The Morgan fingerprint density at radius 3 is 2.50 bits per heavy atom. The molecule has 72 valence electrons. The zero-order valence-corrected chi connectivity index (χ0v) is 8.21. The van der Waals surface area contributed by atoms with Crippen LogP contribution in [0.25, 0.3) is 0 Å². The van der Waals surface area contributed by atoms with Crippen molar-refractivity contribution in [2.24, 2.45) is 0 Å². The number of carboxylic acids is 1. The van der Waals surface area contributed by atoms with Gasteiger partial charge in [0.2, 0.25) is 0 Å². The normalized spacial score (nSPS) is 8.93. The Labute approximate surface area is 87.5 Å². The molecule has 1 rings (SSSR count). The molecule has 0 aliphatic carbocycles. The van der Waals surface area contributed by atoms with Gasteiger partial charge in [-0.15, -0.1) is 11.6 Å². The van der Waals surface area contributed by atoms with E-state index >= 15 is 0 Å². The molecule has 0 fully saturated rings. The van der Waals surface area contributed by atoms with Gasteiger partial charge >= 0.3 is 5.97 Å². The predicted octanol–water partition coefficient (Wildman–Crippen LogP) is 2.37. The monoisotopic (exact) mass is 208 g/mol. The van der Waals surface area contributed by atoms with Crippen LogP contribution in [0, 0.1) is 11.8 Å². The highest BCUT2D eigenvalue weighted by Gasteiger charge is 1.99. The van der Waals surface area contributed by atoms with Crippen molar-refractivity contribution in [3.63, 3.8) is 0 Å². The van der Waals surface area contributed by atoms with Crippen LogP contribution in [-0.2, 0) is 0 Å². The smallest absolute Gasteiger partial charge is 0.335 e. The van der Waals surface area contributed by atoms with Crippen molar-refractivity contribution in [3.05, 3.63) is 35.4 Å². The summed E-state index contributed by atoms with van der Waals surface area (Å²) < 4.78 is 0. The first-order valence-corrected chi connectivity index (χ1v) is 4.65. The predicted molar refractivity (Wildman–Crippen MR) is 55.6 cm³/mol. The number of rotatable bonds is 2. The number of halogens is 1. The van der Waals surface area contributed by atoms with E-state index in [1.54, 1.807) is 12.1 Å². The molecule has 0 aliphatic rings. The zero-order chi connectivity index (χ0) is 10.4. The largest absolute Gasteiger partial charge is 0.478 e. The fourth-order valence-corrected chi connectivity index (χ4v) is 1.00. The minimum atomic E-state index is -0.926. The standard InChI is InChI=1S/C11H9ClO2/c12-8-2-1-3-9-4-6-10(7-5-9)11(13)14/h4-7H,2,8H2,(H,13,14). The Balaban J connectivity index is 2.75. The molecule has 0 amide bonds. The molecule has 0 bridgehead atoms. The number of aromatic carboxylic acids is 1. The van der Waals surface area contributed by atoms with Crippen LogP contribution in [0.4, 0.5) is 0 Å². The topological polar surface area (TPSA) is 37.3 Å². The summed E-state index contributed by atoms with van der Waals surface area (Å²) in [4.78, 5) is 10.5. The van der Waals surface area contributed by atoms with Gasteiger partial charge in [-0.25, -0.2) is 4.79 Å². The van der Waals surface area contributed by atoms with Gasteiger partial charge in [-0.3, -0.25) is 0 Å². The minimum Gasteiger partial charge on any atom is -0.478 e. The maximum absolute atomic E-state index is 10.5. The first kappa shape index (κ1) is 10.6. The molecule has 0 unspecified atom stereocenters. The van der Waals surface area contributed by atoms with Crippen LogP contribution in [-0.4, -0.2) is 17.0 Å². The molecule has 14 heavy (non-hydrogen) atoms. The van der Waals surface area contributed by atoms with Gasteiger partial charge < -0.3 is 5.11 Å². The van der Waals surface area contributed by atoms with Crippen LogP contribution in [0.15, 0.2) is 24.3 Å². The van der Waals surface area contributed by atoms with Crippen molar-refractivity contribution in [1.82, 2.24) is 0 Å². The number of hydrogen-bond donors (Lipinski definition) is 1. The van der Waals surface area contributed by atoms with Gasteiger partial charge in [-0.2, -0.15) is 0 Å². The van der Waals surface area contributed by atoms with E-state index in [0.29, 0.717) is 12.3 Å². The van der Waals surface area contributed by atoms with Gasteiger partial charge in [0.25, 0.3) is 0 Å². The molecule has 0 saturated heterocycles. The van der Waals surface area contributed by atoms with Gasteiger partial charge in [-0.1, -0.05) is 11.8 Å². The summed E-state index contributed by atoms with van der Waals surface area (Å²) in [5, 5.41) is 8.64. The lowest BCUT2D eigenvalue weighted by Crippen LogP contribution is -1.94. The summed E-state index contributed by atoms with van der Waals surface area (Å²) in [6.07, 6.45) is 0.641. The molecular formula is C11H9ClO2. The highest BCUT2D eigenvalue weighted by molar-refractivity contribution is 6.18. The van der Waals surface area contributed by atoms with E-state index in [-0.39, 0.29) is 5.56 Å². The second-order valence-electron chi connectivity index (χ2n) is 2.62. The Hall–Kier alpha value is -1.46. The molecule has 1 N–H and O–H groups in total. The first-order chi connectivity index (χ1) is 6.74. The molecule has 0 spiro atoms. The number of carbonyl (C=O) groups is 1. The van der Waals surface area contributed by atoms with Crippen LogP contribution >= 0.6 is 11.6 Å². The average molecular weight is 209 g/mol. The van der Waals surface area contributed by atoms with Crippen LogP contribution in [0.1, 0.15) is 22.3 Å². The van der Waals surface area contributed by atoms with Gasteiger partial charge in [0, 0.05) is 17.9 Å². The van der Waals surface area contributed by atoms with Gasteiger partial charge in [0.15, 0.2) is 0 Å². The van der Waals surface area contributed by atoms with E-state index in [1.165, 1.54) is 12.1 Å². The van der Waals surface area contributed by atoms with Crippen LogP contribution in [0.3, 0.4) is 0 Å². The molecule has 1 aromatic carbocycles. The third-order valence-corrected chi connectivity index (χ3v) is 1.77. The quantitative estimate of drug-likeness (QED) is 0.599. The number of benzene rings is 1. The maximum Gasteiger partial charge on any atom is 0.335 e. The van der Waals surface area contributed by atoms with E-state index in [0.717, 1.165) is 5.56 Å². The van der Waals surface area contributed by atoms with Crippen LogP contribution in [0.2, 0.25) is 0 Å². The second-order valence-corrected chi connectivity index (χ2v) is 3.00. The summed E-state index contributed by atoms with van der Waals surface area (Å²) in [6, 6.07) is 6.44. The van der Waals surface area contributed by atoms with Crippen molar-refractivity contribution >= 4 is 17.6 Å². The number of alkyl halides is 1. The van der Waals surface area contributed by atoms with Crippen molar-refractivity contribution in [3.8, 4) is 11.8 Å². The summed E-state index contributed by atoms with van der Waals surface area (Å²) in [6.45, 7) is 0. The van der Waals surface area contributed by atoms with Gasteiger partial charge in [-0.05, 0) is 24.3 Å². The summed E-state index contributed by atoms with van der Waals surface area (Å²) >= 11 is 5.45. The molecule has 0 atom stereocenters. The third kappa shape index (κ3) is 3.12. The molecule has 2 nitrogen and oxygen atoms in total. The summed E-state index contributed by atoms with van der Waals surface area (Å²) in [5.74, 6) is 5.34. The highest BCUT2D eigenvalue weighted by Crippen LogP contribution is 2.02. The van der Waals surface area contributed by atoms with Crippen molar-refractivity contribution in [2.75, 3.05) is 5.88 Å². The van der Waals surface area contributed by atoms with E-state index in [9.17, 15) is 4.79 Å². The lowest BCUT2D eigenvalue weighted by Gasteiger charge is -1.93. The molecule has 0 aliphatic heterocycles. The van der Waals surface area contributed by atoms with Crippen LogP contribution < -0.4 is 0 Å². The number of carboxylic acid groups (broad SMARTS) is 1. The molecule has 0 radical (unpaired) electrons. The maximum atomic E-state index is 10.5. The minimum absolute atomic E-state index is 0.271. The first-order valence-electron chi connectivity index (χ1n) is 4.12. The molecule has 0 aromatic heterocycles. The van der Waals surface area contributed by atoms with E-state index in [4.69, 9.17) is 16.7 Å². The molecule has 0 heterocycles. The van der Waals surface area contributed by atoms with Crippen molar-refractivity contribution in [2.45, 2.75) is 6.42 Å². The third-order valence-electron chi connectivity index (χ3n) is 1.58. The Bertz CT molecular complexity index is 371. The lowest BCUT2D eigenvalue weighted by atomic mass is 10.1. The van der Waals surface area contributed by atoms with Gasteiger partial charge in [0.1, 0.15) is 0 Å². The average Bonchev–Trinajstić information content (AvgIpc) is 2.19. The molecular weight excluding hydrogens is 200 g/mol. The summed E-state index contributed by atoms with van der Waals surface area (Å²) in [7, 11) is 0. The van der Waals surface area contributed by atoms with Gasteiger partial charge in [0.05, 0.1) is 5.56 Å². The lowest BCUT2D eigenvalue weighted by molar-refractivity contribution is 0.0697.